The maximum atomic E-state index is 15.3. The number of hydrogen-bond acceptors (Lipinski definition) is 3. The molecule has 0 saturated carbocycles. The smallest absolute Gasteiger partial charge is 0.120 e. The summed E-state index contributed by atoms with van der Waals surface area (Å²) < 4.78 is 20.6. The molecule has 0 spiro atoms. The number of alkyl halides is 1. The lowest BCUT2D eigenvalue weighted by Gasteiger charge is -2.37. The van der Waals surface area contributed by atoms with Gasteiger partial charge in [-0.25, -0.2) is 4.39 Å². The number of piperidine rings is 1. The van der Waals surface area contributed by atoms with Gasteiger partial charge in [0.1, 0.15) is 11.9 Å². The van der Waals surface area contributed by atoms with E-state index < -0.39 is 6.17 Å². The number of nitrogens with zero attached hydrogens (tertiary/aromatic N) is 2. The summed E-state index contributed by atoms with van der Waals surface area (Å²) >= 11 is 0. The van der Waals surface area contributed by atoms with Crippen molar-refractivity contribution >= 4 is 35.7 Å². The van der Waals surface area contributed by atoms with E-state index in [1.807, 2.05) is 30.5 Å². The number of rotatable bonds is 3. The first-order valence-electron chi connectivity index (χ1n) is 9.02. The Bertz CT molecular complexity index is 745. The van der Waals surface area contributed by atoms with Crippen molar-refractivity contribution < 1.29 is 9.13 Å². The predicted molar refractivity (Wildman–Crippen MR) is 109 cm³/mol. The minimum atomic E-state index is -0.814. The fraction of sp³-hybridized carbons (Fsp3) is 0.550. The van der Waals surface area contributed by atoms with Crippen molar-refractivity contribution in [3.05, 3.63) is 36.0 Å². The van der Waals surface area contributed by atoms with E-state index in [0.717, 1.165) is 48.1 Å². The number of aromatic nitrogens is 1. The molecule has 1 unspecified atom stereocenters. The van der Waals surface area contributed by atoms with Gasteiger partial charge in [0.05, 0.1) is 18.7 Å². The molecule has 3 aliphatic heterocycles. The average molecular weight is 401 g/mol. The molecular weight excluding hydrogens is 374 g/mol. The second kappa shape index (κ2) is 8.73. The normalized spacial score (nSPS) is 30.2. The van der Waals surface area contributed by atoms with E-state index in [2.05, 4.69) is 16.8 Å². The van der Waals surface area contributed by atoms with Crippen LogP contribution in [-0.4, -0.2) is 36.3 Å². The van der Waals surface area contributed by atoms with Crippen LogP contribution in [0.1, 0.15) is 37.8 Å². The first-order valence-corrected chi connectivity index (χ1v) is 9.02. The Morgan fingerprint density at radius 2 is 2.08 bits per heavy atom. The minimum absolute atomic E-state index is 0. The standard InChI is InChI=1S/C20H25FN2O.2ClH/c1-3-13-12-23-9-7-14(13)10-18(21)20(23)16-6-8-22-19-5-4-15(24-2)11-17(16)19;;/h4-6,8,11,13-14,18,20H,3,7,9-10,12H2,1-2H3;2*1H/t13-,14-,18-,20+;;/m0../s1. The molecule has 2 aromatic rings. The molecule has 0 amide bonds. The monoisotopic (exact) mass is 400 g/mol. The second-order valence-corrected chi connectivity index (χ2v) is 7.19. The van der Waals surface area contributed by atoms with Gasteiger partial charge in [0.15, 0.2) is 0 Å². The van der Waals surface area contributed by atoms with Crippen molar-refractivity contribution in [3.8, 4) is 5.75 Å². The lowest BCUT2D eigenvalue weighted by molar-refractivity contribution is 0.0996. The molecule has 4 heterocycles. The number of methoxy groups -OCH3 is 1. The molecule has 3 nitrogen and oxygen atoms in total. The van der Waals surface area contributed by atoms with Crippen LogP contribution in [0.15, 0.2) is 30.5 Å². The van der Waals surface area contributed by atoms with E-state index in [1.165, 1.54) is 0 Å². The van der Waals surface area contributed by atoms with Crippen molar-refractivity contribution in [1.29, 1.82) is 0 Å². The second-order valence-electron chi connectivity index (χ2n) is 7.19. The molecule has 0 aliphatic carbocycles. The highest BCUT2D eigenvalue weighted by molar-refractivity contribution is 5.86. The van der Waals surface area contributed by atoms with Gasteiger partial charge >= 0.3 is 0 Å². The van der Waals surface area contributed by atoms with Crippen molar-refractivity contribution in [1.82, 2.24) is 9.88 Å². The van der Waals surface area contributed by atoms with Gasteiger partial charge in [0.25, 0.3) is 0 Å². The number of ether oxygens (including phenoxy) is 1. The highest BCUT2D eigenvalue weighted by Crippen LogP contribution is 2.44. The van der Waals surface area contributed by atoms with Crippen LogP contribution in [0.25, 0.3) is 10.9 Å². The minimum Gasteiger partial charge on any atom is -0.497 e. The molecule has 144 valence electrons. The predicted octanol–water partition coefficient (Wildman–Crippen LogP) is 5.22. The van der Waals surface area contributed by atoms with Crippen LogP contribution in [0.2, 0.25) is 0 Å². The molecule has 2 bridgehead atoms. The van der Waals surface area contributed by atoms with Crippen molar-refractivity contribution in [2.24, 2.45) is 11.8 Å². The maximum absolute atomic E-state index is 15.3. The summed E-state index contributed by atoms with van der Waals surface area (Å²) in [6.45, 7) is 4.25. The zero-order valence-electron chi connectivity index (χ0n) is 15.2. The number of pyridine rings is 1. The Kier molecular flexibility index (Phi) is 7.12. The average Bonchev–Trinajstić information content (AvgIpc) is 2.86. The maximum Gasteiger partial charge on any atom is 0.120 e. The summed E-state index contributed by atoms with van der Waals surface area (Å²) in [7, 11) is 1.66. The summed E-state index contributed by atoms with van der Waals surface area (Å²) in [6.07, 6.45) is 3.96. The molecule has 6 heteroatoms. The Labute approximate surface area is 167 Å². The summed E-state index contributed by atoms with van der Waals surface area (Å²) in [5.74, 6) is 1.96. The van der Waals surface area contributed by atoms with Gasteiger partial charge < -0.3 is 4.74 Å². The highest BCUT2D eigenvalue weighted by atomic mass is 35.5. The van der Waals surface area contributed by atoms with Crippen LogP contribution >= 0.6 is 24.8 Å². The number of halogens is 3. The van der Waals surface area contributed by atoms with E-state index in [0.29, 0.717) is 18.3 Å². The fourth-order valence-corrected chi connectivity index (χ4v) is 4.70. The van der Waals surface area contributed by atoms with E-state index >= 15 is 4.39 Å². The highest BCUT2D eigenvalue weighted by Gasteiger charge is 2.42. The molecule has 1 aromatic carbocycles. The molecule has 3 aliphatic rings. The van der Waals surface area contributed by atoms with Crippen LogP contribution in [0.3, 0.4) is 0 Å². The number of hydrogen-bond donors (Lipinski definition) is 0. The largest absolute Gasteiger partial charge is 0.497 e. The summed E-state index contributed by atoms with van der Waals surface area (Å²) in [6, 6.07) is 7.71. The Morgan fingerprint density at radius 1 is 1.27 bits per heavy atom. The van der Waals surface area contributed by atoms with E-state index in [4.69, 9.17) is 4.74 Å². The molecule has 3 fully saturated rings. The van der Waals surface area contributed by atoms with Crippen molar-refractivity contribution in [2.45, 2.75) is 38.4 Å². The Morgan fingerprint density at radius 3 is 2.81 bits per heavy atom. The number of benzene rings is 1. The molecule has 0 N–H and O–H groups in total. The van der Waals surface area contributed by atoms with Gasteiger partial charge in [0.2, 0.25) is 0 Å². The van der Waals surface area contributed by atoms with Crippen molar-refractivity contribution in [3.63, 3.8) is 0 Å². The first-order chi connectivity index (χ1) is 11.7. The third kappa shape index (κ3) is 3.64. The van der Waals surface area contributed by atoms with Gasteiger partial charge in [-0.1, -0.05) is 13.3 Å². The van der Waals surface area contributed by atoms with E-state index in [1.54, 1.807) is 7.11 Å². The quantitative estimate of drug-likeness (QED) is 0.705. The molecule has 5 atom stereocenters. The van der Waals surface area contributed by atoms with Crippen LogP contribution in [0.4, 0.5) is 4.39 Å². The van der Waals surface area contributed by atoms with E-state index in [-0.39, 0.29) is 30.9 Å². The first kappa shape index (κ1) is 21.2. The van der Waals surface area contributed by atoms with Gasteiger partial charge in [-0.15, -0.1) is 24.8 Å². The summed E-state index contributed by atoms with van der Waals surface area (Å²) in [5.41, 5.74) is 1.97. The SMILES string of the molecule is CC[C@H]1CN2CC[C@H]1C[C@H](F)[C@H]2c1ccnc2ccc(OC)cc12.Cl.Cl. The zero-order valence-corrected chi connectivity index (χ0v) is 16.9. The third-order valence-electron chi connectivity index (χ3n) is 6.01. The van der Waals surface area contributed by atoms with Crippen LogP contribution in [0.5, 0.6) is 5.75 Å². The fourth-order valence-electron chi connectivity index (χ4n) is 4.70. The van der Waals surface area contributed by atoms with Crippen molar-refractivity contribution in [2.75, 3.05) is 20.2 Å². The van der Waals surface area contributed by atoms with Crippen LogP contribution in [0, 0.1) is 11.8 Å². The van der Waals surface area contributed by atoms with Gasteiger partial charge in [-0.05, 0) is 61.1 Å². The molecule has 5 rings (SSSR count). The molecule has 26 heavy (non-hydrogen) atoms. The van der Waals surface area contributed by atoms with E-state index in [9.17, 15) is 0 Å². The summed E-state index contributed by atoms with van der Waals surface area (Å²) in [4.78, 5) is 6.83. The van der Waals surface area contributed by atoms with Gasteiger partial charge in [-0.2, -0.15) is 0 Å². The third-order valence-corrected chi connectivity index (χ3v) is 6.01. The Hall–Kier alpha value is -1.10. The molecular formula is C20H27Cl2FN2O. The topological polar surface area (TPSA) is 25.4 Å². The zero-order chi connectivity index (χ0) is 16.7. The van der Waals surface area contributed by atoms with Gasteiger partial charge in [-0.3, -0.25) is 9.88 Å². The molecule has 1 aromatic heterocycles. The summed E-state index contributed by atoms with van der Waals surface area (Å²) in [5, 5.41) is 1.02. The Balaban J connectivity index is 0.00000121. The molecule has 3 saturated heterocycles. The lowest BCUT2D eigenvalue weighted by Crippen LogP contribution is -2.39. The lowest BCUT2D eigenvalue weighted by atomic mass is 9.83. The number of fused-ring (bicyclic) bond motifs is 5. The van der Waals surface area contributed by atoms with Gasteiger partial charge in [0, 0.05) is 18.1 Å². The van der Waals surface area contributed by atoms with Crippen LogP contribution < -0.4 is 4.74 Å². The van der Waals surface area contributed by atoms with Crippen LogP contribution in [-0.2, 0) is 0 Å². The molecule has 0 radical (unpaired) electrons.